The van der Waals surface area contributed by atoms with Gasteiger partial charge in [0.25, 0.3) is 0 Å². The van der Waals surface area contributed by atoms with E-state index in [1.807, 2.05) is 17.8 Å². The van der Waals surface area contributed by atoms with Crippen molar-refractivity contribution in [1.82, 2.24) is 19.6 Å². The van der Waals surface area contributed by atoms with Crippen molar-refractivity contribution < 1.29 is 9.84 Å². The first-order valence-corrected chi connectivity index (χ1v) is 9.70. The molecule has 0 amide bonds. The quantitative estimate of drug-likeness (QED) is 0.807. The van der Waals surface area contributed by atoms with Crippen LogP contribution in [0.1, 0.15) is 28.8 Å². The van der Waals surface area contributed by atoms with Crippen molar-refractivity contribution >= 4 is 0 Å². The zero-order valence-corrected chi connectivity index (χ0v) is 17.0. The lowest BCUT2D eigenvalue weighted by molar-refractivity contribution is 0.0498. The number of methoxy groups -OCH3 is 1. The van der Waals surface area contributed by atoms with Crippen LogP contribution in [-0.4, -0.2) is 64.1 Å². The summed E-state index contributed by atoms with van der Waals surface area (Å²) in [4.78, 5) is 4.99. The second-order valence-corrected chi connectivity index (χ2v) is 7.59. The van der Waals surface area contributed by atoms with Crippen LogP contribution >= 0.6 is 0 Å². The molecule has 1 aliphatic rings. The van der Waals surface area contributed by atoms with Crippen LogP contribution < -0.4 is 4.74 Å². The summed E-state index contributed by atoms with van der Waals surface area (Å²) >= 11 is 0. The first-order chi connectivity index (χ1) is 13.0. The van der Waals surface area contributed by atoms with E-state index in [2.05, 4.69) is 47.1 Å². The topological polar surface area (TPSA) is 53.8 Å². The van der Waals surface area contributed by atoms with Crippen LogP contribution in [0.4, 0.5) is 0 Å². The molecule has 2 aromatic rings. The first-order valence-electron chi connectivity index (χ1n) is 9.70. The van der Waals surface area contributed by atoms with Crippen LogP contribution in [0.2, 0.25) is 0 Å². The molecule has 0 spiro atoms. The van der Waals surface area contributed by atoms with Gasteiger partial charge in [0, 0.05) is 64.2 Å². The predicted molar refractivity (Wildman–Crippen MR) is 107 cm³/mol. The molecule has 1 aromatic carbocycles. The number of hydrogen-bond acceptors (Lipinski definition) is 5. The van der Waals surface area contributed by atoms with Crippen molar-refractivity contribution in [2.45, 2.75) is 39.4 Å². The molecule has 148 valence electrons. The maximum Gasteiger partial charge on any atom is 0.121 e. The Morgan fingerprint density at radius 2 is 2.04 bits per heavy atom. The second-order valence-electron chi connectivity index (χ2n) is 7.59. The fraction of sp³-hybridized carbons (Fsp3) is 0.571. The van der Waals surface area contributed by atoms with Gasteiger partial charge in [0.05, 0.1) is 12.8 Å². The van der Waals surface area contributed by atoms with Crippen molar-refractivity contribution in [2.75, 3.05) is 33.4 Å². The van der Waals surface area contributed by atoms with Crippen molar-refractivity contribution in [3.8, 4) is 5.75 Å². The highest BCUT2D eigenvalue weighted by atomic mass is 16.5. The second kappa shape index (κ2) is 8.87. The summed E-state index contributed by atoms with van der Waals surface area (Å²) in [6, 6.07) is 6.77. The Morgan fingerprint density at radius 3 is 2.67 bits per heavy atom. The Hall–Kier alpha value is -1.89. The highest BCUT2D eigenvalue weighted by Gasteiger charge is 2.27. The fourth-order valence-corrected chi connectivity index (χ4v) is 4.05. The van der Waals surface area contributed by atoms with Crippen molar-refractivity contribution in [2.24, 2.45) is 7.05 Å². The normalized spacial score (nSPS) is 18.8. The Labute approximate surface area is 162 Å². The average Bonchev–Trinajstić information content (AvgIpc) is 2.95. The summed E-state index contributed by atoms with van der Waals surface area (Å²) in [7, 11) is 3.68. The maximum absolute atomic E-state index is 9.56. The molecule has 27 heavy (non-hydrogen) atoms. The Bertz CT molecular complexity index is 759. The summed E-state index contributed by atoms with van der Waals surface area (Å²) in [6.07, 6.45) is 2.92. The smallest absolute Gasteiger partial charge is 0.121 e. The van der Waals surface area contributed by atoms with Crippen LogP contribution in [0.3, 0.4) is 0 Å². The molecule has 0 radical (unpaired) electrons. The lowest BCUT2D eigenvalue weighted by atomic mass is 10.0. The summed E-state index contributed by atoms with van der Waals surface area (Å²) in [5.41, 5.74) is 4.86. The maximum atomic E-state index is 9.56. The summed E-state index contributed by atoms with van der Waals surface area (Å²) in [5.74, 6) is 0.933. The lowest BCUT2D eigenvalue weighted by Crippen LogP contribution is -2.52. The van der Waals surface area contributed by atoms with Crippen LogP contribution in [0, 0.1) is 13.8 Å². The van der Waals surface area contributed by atoms with Gasteiger partial charge in [-0.3, -0.25) is 14.5 Å². The molecule has 1 fully saturated rings. The van der Waals surface area contributed by atoms with E-state index in [0.29, 0.717) is 6.04 Å². The van der Waals surface area contributed by atoms with Gasteiger partial charge < -0.3 is 9.84 Å². The van der Waals surface area contributed by atoms with Gasteiger partial charge in [0.2, 0.25) is 0 Å². The zero-order chi connectivity index (χ0) is 19.4. The van der Waals surface area contributed by atoms with E-state index in [1.165, 1.54) is 16.7 Å². The van der Waals surface area contributed by atoms with Crippen molar-refractivity contribution in [3.63, 3.8) is 0 Å². The molecule has 0 unspecified atom stereocenters. The number of aryl methyl sites for hydroxylation is 3. The molecule has 1 aliphatic heterocycles. The summed E-state index contributed by atoms with van der Waals surface area (Å²) in [5, 5.41) is 14.0. The number of aromatic nitrogens is 2. The lowest BCUT2D eigenvalue weighted by Gasteiger charge is -2.41. The molecular weight excluding hydrogens is 340 g/mol. The molecule has 1 saturated heterocycles. The summed E-state index contributed by atoms with van der Waals surface area (Å²) < 4.78 is 7.26. The largest absolute Gasteiger partial charge is 0.496 e. The van der Waals surface area contributed by atoms with E-state index in [9.17, 15) is 5.11 Å². The molecule has 0 aliphatic carbocycles. The Morgan fingerprint density at radius 1 is 1.22 bits per heavy atom. The van der Waals surface area contributed by atoms with E-state index >= 15 is 0 Å². The van der Waals surface area contributed by atoms with Gasteiger partial charge in [-0.1, -0.05) is 12.1 Å². The Balaban J connectivity index is 1.65. The number of nitrogens with zero attached hydrogens (tertiary/aromatic N) is 4. The number of aliphatic hydroxyl groups excluding tert-OH is 1. The van der Waals surface area contributed by atoms with Crippen LogP contribution in [-0.2, 0) is 20.1 Å². The minimum atomic E-state index is 0.225. The molecule has 1 atom stereocenters. The molecule has 6 nitrogen and oxygen atoms in total. The van der Waals surface area contributed by atoms with E-state index in [4.69, 9.17) is 4.74 Å². The Kier molecular flexibility index (Phi) is 6.52. The number of aliphatic hydroxyl groups is 1. The SMILES string of the molecule is COc1ccc(CN2CCN(Cc3cn(C)nc3C)C[C@@H]2CCO)cc1C. The standard InChI is InChI=1S/C21H32N4O2/c1-16-11-18(5-6-21(16)27-4)12-25-9-8-24(15-20(25)7-10-26)14-19-13-23(3)22-17(19)2/h5-6,11,13,20,26H,7-10,12,14-15H2,1-4H3/t20-/m0/s1. The van der Waals surface area contributed by atoms with Crippen LogP contribution in [0.15, 0.2) is 24.4 Å². The van der Waals surface area contributed by atoms with Gasteiger partial charge in [-0.15, -0.1) is 0 Å². The number of hydrogen-bond donors (Lipinski definition) is 1. The van der Waals surface area contributed by atoms with Gasteiger partial charge in [-0.25, -0.2) is 0 Å². The minimum absolute atomic E-state index is 0.225. The number of rotatable bonds is 7. The van der Waals surface area contributed by atoms with Gasteiger partial charge >= 0.3 is 0 Å². The first kappa shape index (κ1) is 19.9. The van der Waals surface area contributed by atoms with E-state index in [0.717, 1.165) is 50.6 Å². The third-order valence-corrected chi connectivity index (χ3v) is 5.51. The van der Waals surface area contributed by atoms with Gasteiger partial charge in [0.1, 0.15) is 5.75 Å². The highest BCUT2D eigenvalue weighted by Crippen LogP contribution is 2.22. The van der Waals surface area contributed by atoms with Gasteiger partial charge in [-0.05, 0) is 37.5 Å². The third kappa shape index (κ3) is 4.89. The fourth-order valence-electron chi connectivity index (χ4n) is 4.05. The average molecular weight is 373 g/mol. The minimum Gasteiger partial charge on any atom is -0.496 e. The predicted octanol–water partition coefficient (Wildman–Crippen LogP) is 2.11. The van der Waals surface area contributed by atoms with E-state index < -0.39 is 0 Å². The van der Waals surface area contributed by atoms with Gasteiger partial charge in [0.15, 0.2) is 0 Å². The molecule has 0 saturated carbocycles. The van der Waals surface area contributed by atoms with E-state index in [1.54, 1.807) is 7.11 Å². The summed E-state index contributed by atoms with van der Waals surface area (Å²) in [6.45, 7) is 9.24. The van der Waals surface area contributed by atoms with Crippen LogP contribution in [0.25, 0.3) is 0 Å². The number of ether oxygens (including phenoxy) is 1. The zero-order valence-electron chi connectivity index (χ0n) is 17.0. The molecule has 6 heteroatoms. The van der Waals surface area contributed by atoms with E-state index in [-0.39, 0.29) is 6.61 Å². The number of piperazine rings is 1. The highest BCUT2D eigenvalue weighted by molar-refractivity contribution is 5.36. The van der Waals surface area contributed by atoms with Gasteiger partial charge in [-0.2, -0.15) is 5.10 Å². The van der Waals surface area contributed by atoms with Crippen molar-refractivity contribution in [3.05, 3.63) is 46.8 Å². The molecule has 2 heterocycles. The molecule has 0 bridgehead atoms. The third-order valence-electron chi connectivity index (χ3n) is 5.51. The van der Waals surface area contributed by atoms with Crippen molar-refractivity contribution in [1.29, 1.82) is 0 Å². The number of benzene rings is 1. The monoisotopic (exact) mass is 372 g/mol. The molecule has 1 aromatic heterocycles. The molecule has 1 N–H and O–H groups in total. The molecular formula is C21H32N4O2. The molecule has 3 rings (SSSR count). The van der Waals surface area contributed by atoms with Crippen LogP contribution in [0.5, 0.6) is 5.75 Å².